The van der Waals surface area contributed by atoms with Crippen LogP contribution < -0.4 is 0 Å². The van der Waals surface area contributed by atoms with E-state index in [2.05, 4.69) is 78.9 Å². The van der Waals surface area contributed by atoms with Crippen molar-refractivity contribution in [1.29, 1.82) is 0 Å². The minimum absolute atomic E-state index is 0.659. The Morgan fingerprint density at radius 2 is 0.927 bits per heavy atom. The molecule has 3 nitrogen and oxygen atoms in total. The normalized spacial score (nSPS) is 11.4. The molecule has 8 rings (SSSR count). The second-order valence-corrected chi connectivity index (χ2v) is 11.1. The van der Waals surface area contributed by atoms with Gasteiger partial charge in [-0.2, -0.15) is 0 Å². The molecule has 192 valence electrons. The predicted molar refractivity (Wildman–Crippen MR) is 172 cm³/mol. The van der Waals surface area contributed by atoms with Crippen molar-refractivity contribution in [2.45, 2.75) is 0 Å². The largest absolute Gasteiger partial charge is 0.208 e. The number of hydrogen-bond acceptors (Lipinski definition) is 4. The van der Waals surface area contributed by atoms with Crippen molar-refractivity contribution in [3.05, 3.63) is 140 Å². The highest BCUT2D eigenvalue weighted by atomic mass is 32.1. The summed E-state index contributed by atoms with van der Waals surface area (Å²) in [6, 6.07) is 48.6. The van der Waals surface area contributed by atoms with E-state index in [9.17, 15) is 0 Å². The Morgan fingerprint density at radius 3 is 1.66 bits per heavy atom. The summed E-state index contributed by atoms with van der Waals surface area (Å²) in [6.45, 7) is 0. The molecular weight excluding hydrogens is 518 g/mol. The van der Waals surface area contributed by atoms with Gasteiger partial charge >= 0.3 is 0 Å². The van der Waals surface area contributed by atoms with Gasteiger partial charge in [0.05, 0.1) is 0 Å². The van der Waals surface area contributed by atoms with Gasteiger partial charge in [-0.3, -0.25) is 0 Å². The maximum atomic E-state index is 4.93. The van der Waals surface area contributed by atoms with Crippen molar-refractivity contribution in [1.82, 2.24) is 15.0 Å². The third-order valence-corrected chi connectivity index (χ3v) is 8.73. The van der Waals surface area contributed by atoms with Crippen molar-refractivity contribution >= 4 is 42.3 Å². The zero-order valence-electron chi connectivity index (χ0n) is 22.0. The molecule has 0 amide bonds. The van der Waals surface area contributed by atoms with Gasteiger partial charge in [0.15, 0.2) is 17.5 Å². The summed E-state index contributed by atoms with van der Waals surface area (Å²) in [5, 5.41) is 5.17. The fourth-order valence-corrected chi connectivity index (χ4v) is 6.69. The van der Waals surface area contributed by atoms with E-state index in [1.54, 1.807) is 0 Å². The molecule has 0 radical (unpaired) electrons. The molecule has 0 N–H and O–H groups in total. The Morgan fingerprint density at radius 1 is 0.366 bits per heavy atom. The third kappa shape index (κ3) is 4.26. The highest BCUT2D eigenvalue weighted by Crippen LogP contribution is 2.39. The van der Waals surface area contributed by atoms with Gasteiger partial charge in [0, 0.05) is 42.2 Å². The molecule has 0 unspecified atom stereocenters. The van der Waals surface area contributed by atoms with E-state index in [4.69, 9.17) is 15.0 Å². The molecular formula is C37H23N3S. The molecule has 0 bridgehead atoms. The number of thiophene rings is 1. The Hall–Kier alpha value is -5.19. The molecule has 6 aromatic carbocycles. The van der Waals surface area contributed by atoms with E-state index in [1.165, 1.54) is 36.5 Å². The monoisotopic (exact) mass is 541 g/mol. The predicted octanol–water partition coefficient (Wildman–Crippen LogP) is 10.1. The molecule has 0 spiro atoms. The number of hydrogen-bond donors (Lipinski definition) is 0. The van der Waals surface area contributed by atoms with Gasteiger partial charge in [0.25, 0.3) is 0 Å². The summed E-state index contributed by atoms with van der Waals surface area (Å²) in [6.07, 6.45) is 0. The van der Waals surface area contributed by atoms with Crippen LogP contribution in [0.4, 0.5) is 0 Å². The lowest BCUT2D eigenvalue weighted by atomic mass is 9.98. The first-order valence-corrected chi connectivity index (χ1v) is 14.4. The van der Waals surface area contributed by atoms with Crippen molar-refractivity contribution in [3.63, 3.8) is 0 Å². The van der Waals surface area contributed by atoms with Gasteiger partial charge in [-0.1, -0.05) is 121 Å². The summed E-state index contributed by atoms with van der Waals surface area (Å²) in [5.41, 5.74) is 5.19. The van der Waals surface area contributed by atoms with Crippen LogP contribution in [-0.2, 0) is 0 Å². The average molecular weight is 542 g/mol. The minimum Gasteiger partial charge on any atom is -0.208 e. The van der Waals surface area contributed by atoms with Crippen LogP contribution in [0.25, 0.3) is 76.2 Å². The van der Waals surface area contributed by atoms with Gasteiger partial charge in [-0.15, -0.1) is 11.3 Å². The number of benzene rings is 6. The molecule has 0 saturated heterocycles. The van der Waals surface area contributed by atoms with E-state index in [0.717, 1.165) is 22.3 Å². The molecule has 4 heteroatoms. The molecule has 41 heavy (non-hydrogen) atoms. The van der Waals surface area contributed by atoms with Crippen LogP contribution in [0, 0.1) is 0 Å². The maximum absolute atomic E-state index is 4.93. The van der Waals surface area contributed by atoms with Crippen molar-refractivity contribution in [2.24, 2.45) is 0 Å². The zero-order chi connectivity index (χ0) is 27.2. The average Bonchev–Trinajstić information content (AvgIpc) is 3.45. The number of aromatic nitrogens is 3. The van der Waals surface area contributed by atoms with Crippen LogP contribution in [0.15, 0.2) is 140 Å². The van der Waals surface area contributed by atoms with Crippen LogP contribution in [0.5, 0.6) is 0 Å². The summed E-state index contributed by atoms with van der Waals surface area (Å²) in [5.74, 6) is 1.99. The van der Waals surface area contributed by atoms with E-state index < -0.39 is 0 Å². The zero-order valence-corrected chi connectivity index (χ0v) is 22.8. The Bertz CT molecular complexity index is 2140. The molecule has 0 atom stereocenters. The molecule has 2 heterocycles. The van der Waals surface area contributed by atoms with E-state index in [-0.39, 0.29) is 0 Å². The molecule has 0 saturated carbocycles. The number of rotatable bonds is 4. The minimum atomic E-state index is 0.659. The SMILES string of the molecule is c1ccc(-c2nc(-c3ccccc3)nc(-c3cccc(-c4ccc5ccc6c7ccccc7sc6c5c4)c3)n2)cc1. The van der Waals surface area contributed by atoms with Crippen LogP contribution >= 0.6 is 11.3 Å². The summed E-state index contributed by atoms with van der Waals surface area (Å²) >= 11 is 1.87. The Kier molecular flexibility index (Phi) is 5.64. The van der Waals surface area contributed by atoms with Gasteiger partial charge in [-0.25, -0.2) is 15.0 Å². The van der Waals surface area contributed by atoms with Crippen molar-refractivity contribution in [3.8, 4) is 45.3 Å². The first-order chi connectivity index (χ1) is 20.3. The van der Waals surface area contributed by atoms with Crippen LogP contribution in [0.3, 0.4) is 0 Å². The fourth-order valence-electron chi connectivity index (χ4n) is 5.46. The van der Waals surface area contributed by atoms with E-state index in [1.807, 2.05) is 72.0 Å². The van der Waals surface area contributed by atoms with Crippen molar-refractivity contribution < 1.29 is 0 Å². The molecule has 2 aromatic heterocycles. The summed E-state index contributed by atoms with van der Waals surface area (Å²) in [7, 11) is 0. The number of nitrogens with zero attached hydrogens (tertiary/aromatic N) is 3. The smallest absolute Gasteiger partial charge is 0.164 e. The quantitative estimate of drug-likeness (QED) is 0.222. The second kappa shape index (κ2) is 9.77. The Labute approximate surface area is 241 Å². The molecule has 0 aliphatic heterocycles. The fraction of sp³-hybridized carbons (Fsp3) is 0. The lowest BCUT2D eigenvalue weighted by Crippen LogP contribution is -2.00. The number of fused-ring (bicyclic) bond motifs is 5. The lowest BCUT2D eigenvalue weighted by Gasteiger charge is -2.10. The molecule has 8 aromatic rings. The second-order valence-electron chi connectivity index (χ2n) is 10.1. The Balaban J connectivity index is 1.27. The first kappa shape index (κ1) is 23.7. The standard InChI is InChI=1S/C37H23N3S/c1-3-10-25(11-4-1)35-38-36(26-12-5-2-6-13-26)40-37(39-35)29-15-9-14-27(22-29)28-19-18-24-20-21-31-30-16-7-8-17-33(30)41-34(31)32(24)23-28/h1-23H. The van der Waals surface area contributed by atoms with E-state index in [0.29, 0.717) is 17.5 Å². The lowest BCUT2D eigenvalue weighted by molar-refractivity contribution is 1.07. The molecule has 0 aliphatic carbocycles. The topological polar surface area (TPSA) is 38.7 Å². The summed E-state index contributed by atoms with van der Waals surface area (Å²) in [4.78, 5) is 14.7. The first-order valence-electron chi connectivity index (χ1n) is 13.6. The van der Waals surface area contributed by atoms with Gasteiger partial charge in [0.2, 0.25) is 0 Å². The van der Waals surface area contributed by atoms with Crippen LogP contribution in [0.1, 0.15) is 0 Å². The van der Waals surface area contributed by atoms with Gasteiger partial charge in [0.1, 0.15) is 0 Å². The highest BCUT2D eigenvalue weighted by Gasteiger charge is 2.14. The van der Waals surface area contributed by atoms with Gasteiger partial charge < -0.3 is 0 Å². The van der Waals surface area contributed by atoms with Crippen molar-refractivity contribution in [2.75, 3.05) is 0 Å². The van der Waals surface area contributed by atoms with Crippen LogP contribution in [0.2, 0.25) is 0 Å². The summed E-state index contributed by atoms with van der Waals surface area (Å²) < 4.78 is 2.65. The molecule has 0 fully saturated rings. The third-order valence-electron chi connectivity index (χ3n) is 7.51. The van der Waals surface area contributed by atoms with E-state index >= 15 is 0 Å². The molecule has 0 aliphatic rings. The maximum Gasteiger partial charge on any atom is 0.164 e. The van der Waals surface area contributed by atoms with Crippen LogP contribution in [-0.4, -0.2) is 15.0 Å². The van der Waals surface area contributed by atoms with Gasteiger partial charge in [-0.05, 0) is 34.7 Å². The highest BCUT2D eigenvalue weighted by molar-refractivity contribution is 7.26.